The predicted octanol–water partition coefficient (Wildman–Crippen LogP) is 3.83. The number of ether oxygens (including phenoxy) is 1. The fourth-order valence-electron chi connectivity index (χ4n) is 2.96. The number of alkyl halides is 2. The highest BCUT2D eigenvalue weighted by molar-refractivity contribution is 5.85. The molecule has 0 amide bonds. The highest BCUT2D eigenvalue weighted by Crippen LogP contribution is 2.28. The van der Waals surface area contributed by atoms with E-state index in [0.29, 0.717) is 5.92 Å². The van der Waals surface area contributed by atoms with Gasteiger partial charge >= 0.3 is 6.61 Å². The molecule has 126 valence electrons. The third-order valence-corrected chi connectivity index (χ3v) is 4.37. The Balaban J connectivity index is 0.00000242. The normalized spacial score (nSPS) is 22.0. The van der Waals surface area contributed by atoms with Crippen LogP contribution in [0.2, 0.25) is 0 Å². The number of nitrogens with two attached hydrogens (primary N) is 1. The maximum absolute atomic E-state index is 12.1. The molecule has 0 saturated carbocycles. The Morgan fingerprint density at radius 2 is 1.86 bits per heavy atom. The predicted molar refractivity (Wildman–Crippen MR) is 86.7 cm³/mol. The number of piperidine rings is 1. The summed E-state index contributed by atoms with van der Waals surface area (Å²) in [6, 6.07) is 7.39. The Kier molecular flexibility index (Phi) is 7.53. The lowest BCUT2D eigenvalue weighted by atomic mass is 9.90. The first kappa shape index (κ1) is 19.1. The summed E-state index contributed by atoms with van der Waals surface area (Å²) >= 11 is 0. The lowest BCUT2D eigenvalue weighted by Crippen LogP contribution is -2.43. The van der Waals surface area contributed by atoms with Gasteiger partial charge < -0.3 is 10.5 Å². The van der Waals surface area contributed by atoms with Crippen molar-refractivity contribution in [2.45, 2.75) is 45.4 Å². The van der Waals surface area contributed by atoms with Crippen molar-refractivity contribution in [1.82, 2.24) is 4.90 Å². The molecule has 3 unspecified atom stereocenters. The number of hydrogen-bond acceptors (Lipinski definition) is 3. The maximum atomic E-state index is 12.1. The van der Waals surface area contributed by atoms with E-state index in [4.69, 9.17) is 5.73 Å². The standard InChI is InChI=1S/C16H24F2N2O.ClH/c1-11(19)14-4-3-9-20(10-14)12(2)13-5-7-15(8-6-13)21-16(17)18;/h5-8,11-12,14,16H,3-4,9-10,19H2,1-2H3;1H. The molecule has 2 N–H and O–H groups in total. The van der Waals surface area contributed by atoms with Crippen molar-refractivity contribution in [2.75, 3.05) is 13.1 Å². The van der Waals surface area contributed by atoms with Crippen molar-refractivity contribution in [3.63, 3.8) is 0 Å². The summed E-state index contributed by atoms with van der Waals surface area (Å²) in [5.41, 5.74) is 7.13. The average molecular weight is 335 g/mol. The summed E-state index contributed by atoms with van der Waals surface area (Å²) in [5.74, 6) is 0.732. The molecule has 3 nitrogen and oxygen atoms in total. The largest absolute Gasteiger partial charge is 0.435 e. The number of likely N-dealkylation sites (tertiary alicyclic amines) is 1. The van der Waals surface area contributed by atoms with Crippen molar-refractivity contribution < 1.29 is 13.5 Å². The van der Waals surface area contributed by atoms with Crippen LogP contribution in [0, 0.1) is 5.92 Å². The molecular formula is C16H25ClF2N2O. The second-order valence-electron chi connectivity index (χ2n) is 5.88. The number of hydrogen-bond donors (Lipinski definition) is 1. The second kappa shape index (κ2) is 8.65. The number of benzene rings is 1. The molecule has 0 bridgehead atoms. The quantitative estimate of drug-likeness (QED) is 0.889. The number of halogens is 3. The van der Waals surface area contributed by atoms with Crippen LogP contribution in [0.25, 0.3) is 0 Å². The van der Waals surface area contributed by atoms with Gasteiger partial charge in [-0.3, -0.25) is 4.90 Å². The molecule has 1 saturated heterocycles. The van der Waals surface area contributed by atoms with Crippen molar-refractivity contribution in [3.05, 3.63) is 29.8 Å². The molecule has 3 atom stereocenters. The van der Waals surface area contributed by atoms with Gasteiger partial charge in [-0.1, -0.05) is 12.1 Å². The van der Waals surface area contributed by atoms with Gasteiger partial charge in [0.25, 0.3) is 0 Å². The topological polar surface area (TPSA) is 38.5 Å². The molecule has 0 aromatic heterocycles. The van der Waals surface area contributed by atoms with Crippen molar-refractivity contribution in [2.24, 2.45) is 11.7 Å². The summed E-state index contributed by atoms with van der Waals surface area (Å²) in [5, 5.41) is 0. The molecular weight excluding hydrogens is 310 g/mol. The van der Waals surface area contributed by atoms with E-state index in [-0.39, 0.29) is 30.2 Å². The van der Waals surface area contributed by atoms with Crippen LogP contribution in [0.5, 0.6) is 5.75 Å². The van der Waals surface area contributed by atoms with E-state index in [2.05, 4.69) is 23.5 Å². The Hall–Kier alpha value is -0.910. The highest BCUT2D eigenvalue weighted by Gasteiger charge is 2.26. The summed E-state index contributed by atoms with van der Waals surface area (Å²) in [7, 11) is 0. The fourth-order valence-corrected chi connectivity index (χ4v) is 2.96. The van der Waals surface area contributed by atoms with Crippen molar-refractivity contribution >= 4 is 12.4 Å². The zero-order valence-electron chi connectivity index (χ0n) is 13.0. The van der Waals surface area contributed by atoms with E-state index in [9.17, 15) is 8.78 Å². The maximum Gasteiger partial charge on any atom is 0.387 e. The molecule has 22 heavy (non-hydrogen) atoms. The molecule has 1 heterocycles. The first-order valence-electron chi connectivity index (χ1n) is 7.51. The SMILES string of the molecule is CC(N)C1CCCN(C(C)c2ccc(OC(F)F)cc2)C1.Cl. The molecule has 0 aliphatic carbocycles. The van der Waals surface area contributed by atoms with Gasteiger partial charge in [-0.2, -0.15) is 8.78 Å². The minimum atomic E-state index is -2.78. The van der Waals surface area contributed by atoms with Crippen LogP contribution in [0.15, 0.2) is 24.3 Å². The van der Waals surface area contributed by atoms with Crippen LogP contribution in [-0.4, -0.2) is 30.6 Å². The summed E-state index contributed by atoms with van der Waals surface area (Å²) < 4.78 is 28.7. The van der Waals surface area contributed by atoms with E-state index in [0.717, 1.165) is 25.1 Å². The third-order valence-electron chi connectivity index (χ3n) is 4.37. The molecule has 6 heteroatoms. The minimum absolute atomic E-state index is 0. The van der Waals surface area contributed by atoms with Crippen LogP contribution >= 0.6 is 12.4 Å². The Morgan fingerprint density at radius 1 is 1.23 bits per heavy atom. The van der Waals surface area contributed by atoms with E-state index in [1.807, 2.05) is 12.1 Å². The smallest absolute Gasteiger partial charge is 0.387 e. The van der Waals surface area contributed by atoms with Crippen LogP contribution in [0.4, 0.5) is 8.78 Å². The molecule has 1 aromatic rings. The third kappa shape index (κ3) is 5.07. The number of nitrogens with zero attached hydrogens (tertiary/aromatic N) is 1. The van der Waals surface area contributed by atoms with Gasteiger partial charge in [-0.05, 0) is 56.8 Å². The first-order chi connectivity index (χ1) is 9.97. The number of rotatable bonds is 5. The molecule has 0 radical (unpaired) electrons. The zero-order chi connectivity index (χ0) is 15.4. The van der Waals surface area contributed by atoms with Crippen LogP contribution in [-0.2, 0) is 0 Å². The molecule has 1 fully saturated rings. The Bertz CT molecular complexity index is 442. The van der Waals surface area contributed by atoms with Gasteiger partial charge in [0.2, 0.25) is 0 Å². The van der Waals surface area contributed by atoms with Gasteiger partial charge in [-0.25, -0.2) is 0 Å². The lowest BCUT2D eigenvalue weighted by Gasteiger charge is -2.38. The van der Waals surface area contributed by atoms with E-state index >= 15 is 0 Å². The highest BCUT2D eigenvalue weighted by atomic mass is 35.5. The van der Waals surface area contributed by atoms with E-state index in [1.165, 1.54) is 6.42 Å². The van der Waals surface area contributed by atoms with E-state index in [1.54, 1.807) is 12.1 Å². The van der Waals surface area contributed by atoms with Gasteiger partial charge in [0.1, 0.15) is 5.75 Å². The lowest BCUT2D eigenvalue weighted by molar-refractivity contribution is -0.0498. The van der Waals surface area contributed by atoms with Gasteiger partial charge in [0.15, 0.2) is 0 Å². The van der Waals surface area contributed by atoms with Crippen molar-refractivity contribution in [3.8, 4) is 5.75 Å². The first-order valence-corrected chi connectivity index (χ1v) is 7.51. The van der Waals surface area contributed by atoms with Crippen molar-refractivity contribution in [1.29, 1.82) is 0 Å². The summed E-state index contributed by atoms with van der Waals surface area (Å²) in [4.78, 5) is 2.42. The monoisotopic (exact) mass is 334 g/mol. The van der Waals surface area contributed by atoms with Crippen LogP contribution in [0.3, 0.4) is 0 Å². The van der Waals surface area contributed by atoms with E-state index < -0.39 is 6.61 Å². The fraction of sp³-hybridized carbons (Fsp3) is 0.625. The molecule has 1 aromatic carbocycles. The summed E-state index contributed by atoms with van der Waals surface area (Å²) in [6.07, 6.45) is 2.34. The van der Waals surface area contributed by atoms with Gasteiger partial charge in [-0.15, -0.1) is 12.4 Å². The average Bonchev–Trinajstić information content (AvgIpc) is 2.47. The van der Waals surface area contributed by atoms with Crippen LogP contribution < -0.4 is 10.5 Å². The molecule has 1 aliphatic heterocycles. The van der Waals surface area contributed by atoms with Crippen LogP contribution in [0.1, 0.15) is 38.3 Å². The second-order valence-corrected chi connectivity index (χ2v) is 5.88. The Labute approximate surface area is 137 Å². The molecule has 1 aliphatic rings. The van der Waals surface area contributed by atoms with Gasteiger partial charge in [0, 0.05) is 18.6 Å². The molecule has 0 spiro atoms. The zero-order valence-corrected chi connectivity index (χ0v) is 13.9. The minimum Gasteiger partial charge on any atom is -0.435 e. The molecule has 2 rings (SSSR count). The summed E-state index contributed by atoms with van der Waals surface area (Å²) in [6.45, 7) is 3.48. The Morgan fingerprint density at radius 3 is 2.41 bits per heavy atom. The van der Waals surface area contributed by atoms with Gasteiger partial charge in [0.05, 0.1) is 0 Å².